The van der Waals surface area contributed by atoms with Gasteiger partial charge < -0.3 is 10.2 Å². The highest BCUT2D eigenvalue weighted by Crippen LogP contribution is 2.52. The van der Waals surface area contributed by atoms with E-state index < -0.39 is 18.5 Å². The molecule has 0 aliphatic carbocycles. The molecule has 1 aliphatic heterocycles. The summed E-state index contributed by atoms with van der Waals surface area (Å²) in [6, 6.07) is 13.2. The minimum absolute atomic E-state index is 0.0807. The van der Waals surface area contributed by atoms with Gasteiger partial charge in [-0.2, -0.15) is 33.7 Å². The van der Waals surface area contributed by atoms with Crippen LogP contribution in [0.25, 0.3) is 0 Å². The first-order valence-corrected chi connectivity index (χ1v) is 15.9. The summed E-state index contributed by atoms with van der Waals surface area (Å²) in [6.07, 6.45) is 1.92. The number of benzene rings is 2. The van der Waals surface area contributed by atoms with Crippen molar-refractivity contribution in [1.82, 2.24) is 0 Å². The molecule has 1 heterocycles. The number of alkyl halides is 5. The summed E-state index contributed by atoms with van der Waals surface area (Å²) in [5.41, 5.74) is 2.41. The van der Waals surface area contributed by atoms with Crippen LogP contribution in [0.4, 0.5) is 22.0 Å². The molecule has 2 aromatic carbocycles. The SMILES string of the molecule is CC1(c2ccc(O)cc2)CSc2cc(O)ccc2C1CCCCCCCCCSCCCC(F)(F)C(F)(F)F. The molecule has 0 radical (unpaired) electrons. The minimum Gasteiger partial charge on any atom is -0.508 e. The highest BCUT2D eigenvalue weighted by molar-refractivity contribution is 7.99. The van der Waals surface area contributed by atoms with E-state index in [-0.39, 0.29) is 23.3 Å². The molecular weight excluding hydrogens is 551 g/mol. The number of phenolic OH excluding ortho intramolecular Hbond substituents is 2. The predicted molar refractivity (Wildman–Crippen MR) is 152 cm³/mol. The molecule has 0 amide bonds. The number of aromatic hydroxyl groups is 2. The van der Waals surface area contributed by atoms with Crippen LogP contribution >= 0.6 is 23.5 Å². The number of rotatable bonds is 15. The van der Waals surface area contributed by atoms with E-state index in [0.29, 0.717) is 11.7 Å². The van der Waals surface area contributed by atoms with Gasteiger partial charge in [0.15, 0.2) is 0 Å². The first-order valence-electron chi connectivity index (χ1n) is 13.7. The van der Waals surface area contributed by atoms with Crippen LogP contribution in [-0.2, 0) is 5.41 Å². The molecule has 2 N–H and O–H groups in total. The quantitative estimate of drug-likeness (QED) is 0.160. The number of hydrogen-bond donors (Lipinski definition) is 2. The zero-order valence-corrected chi connectivity index (χ0v) is 24.0. The van der Waals surface area contributed by atoms with Gasteiger partial charge in [-0.1, -0.05) is 63.6 Å². The van der Waals surface area contributed by atoms with Crippen molar-refractivity contribution in [2.24, 2.45) is 0 Å². The van der Waals surface area contributed by atoms with Crippen molar-refractivity contribution >= 4 is 23.5 Å². The monoisotopic (exact) mass is 590 g/mol. The Labute approximate surface area is 237 Å². The number of halogens is 5. The lowest BCUT2D eigenvalue weighted by Gasteiger charge is -2.43. The molecule has 1 aliphatic rings. The molecule has 2 aromatic rings. The van der Waals surface area contributed by atoms with Gasteiger partial charge in [0.05, 0.1) is 0 Å². The Morgan fingerprint density at radius 2 is 1.41 bits per heavy atom. The van der Waals surface area contributed by atoms with Crippen LogP contribution in [0.5, 0.6) is 11.5 Å². The third kappa shape index (κ3) is 8.94. The van der Waals surface area contributed by atoms with Gasteiger partial charge >= 0.3 is 12.1 Å². The second-order valence-corrected chi connectivity index (χ2v) is 13.0. The Morgan fingerprint density at radius 3 is 2.08 bits per heavy atom. The van der Waals surface area contributed by atoms with Gasteiger partial charge in [-0.15, -0.1) is 11.8 Å². The van der Waals surface area contributed by atoms with Crippen molar-refractivity contribution in [2.75, 3.05) is 17.3 Å². The van der Waals surface area contributed by atoms with E-state index in [0.717, 1.165) is 67.8 Å². The fraction of sp³-hybridized carbons (Fsp3) is 0.600. The standard InChI is InChI=1S/C30H39F5O2S2/c1-28(22-11-13-23(36)14-12-22)21-39-27-20-24(37)15-16-25(27)26(28)10-7-5-3-2-4-6-8-18-38-19-9-17-29(31,32)30(33,34)35/h11-16,20,26,36-37H,2-10,17-19,21H2,1H3. The van der Waals surface area contributed by atoms with Gasteiger partial charge in [0, 0.05) is 22.5 Å². The number of hydrogen-bond acceptors (Lipinski definition) is 4. The Kier molecular flexibility index (Phi) is 11.7. The van der Waals surface area contributed by atoms with E-state index in [1.807, 2.05) is 18.2 Å². The third-order valence-electron chi connectivity index (χ3n) is 7.67. The summed E-state index contributed by atoms with van der Waals surface area (Å²) in [5.74, 6) is -1.69. The first kappa shape index (κ1) is 31.9. The van der Waals surface area contributed by atoms with E-state index in [1.54, 1.807) is 30.0 Å². The van der Waals surface area contributed by atoms with Gasteiger partial charge in [-0.05, 0) is 72.1 Å². The largest absolute Gasteiger partial charge is 0.508 e. The van der Waals surface area contributed by atoms with Crippen molar-refractivity contribution < 1.29 is 32.2 Å². The molecule has 0 aromatic heterocycles. The smallest absolute Gasteiger partial charge is 0.453 e. The summed E-state index contributed by atoms with van der Waals surface area (Å²) in [5, 5.41) is 19.8. The zero-order valence-electron chi connectivity index (χ0n) is 22.4. The highest BCUT2D eigenvalue weighted by atomic mass is 32.2. The lowest BCUT2D eigenvalue weighted by molar-refractivity contribution is -0.284. The van der Waals surface area contributed by atoms with E-state index in [2.05, 4.69) is 13.0 Å². The molecule has 0 spiro atoms. The van der Waals surface area contributed by atoms with E-state index in [9.17, 15) is 32.2 Å². The van der Waals surface area contributed by atoms with Gasteiger partial charge in [0.2, 0.25) is 0 Å². The van der Waals surface area contributed by atoms with Gasteiger partial charge in [0.1, 0.15) is 11.5 Å². The summed E-state index contributed by atoms with van der Waals surface area (Å²) in [4.78, 5) is 1.14. The van der Waals surface area contributed by atoms with Crippen LogP contribution in [-0.4, -0.2) is 39.6 Å². The third-order valence-corrected chi connectivity index (χ3v) is 10.2. The van der Waals surface area contributed by atoms with Crippen LogP contribution in [0.1, 0.15) is 88.2 Å². The van der Waals surface area contributed by atoms with Crippen molar-refractivity contribution in [3.05, 3.63) is 53.6 Å². The fourth-order valence-electron chi connectivity index (χ4n) is 5.28. The summed E-state index contributed by atoms with van der Waals surface area (Å²) >= 11 is 3.23. The zero-order chi connectivity index (χ0) is 28.5. The second kappa shape index (κ2) is 14.3. The minimum atomic E-state index is -5.45. The Balaban J connectivity index is 1.36. The molecule has 0 saturated carbocycles. The summed E-state index contributed by atoms with van der Waals surface area (Å²) in [7, 11) is 0. The number of thioether (sulfide) groups is 2. The van der Waals surface area contributed by atoms with Crippen LogP contribution in [0.3, 0.4) is 0 Å². The van der Waals surface area contributed by atoms with Gasteiger partial charge in [-0.25, -0.2) is 0 Å². The Bertz CT molecular complexity index is 1030. The predicted octanol–water partition coefficient (Wildman–Crippen LogP) is 10.1. The summed E-state index contributed by atoms with van der Waals surface area (Å²) < 4.78 is 62.3. The molecule has 2 atom stereocenters. The van der Waals surface area contributed by atoms with Gasteiger partial charge in [0.25, 0.3) is 0 Å². The average molecular weight is 591 g/mol. The number of phenols is 2. The fourth-order valence-corrected chi connectivity index (χ4v) is 7.65. The molecule has 9 heteroatoms. The highest BCUT2D eigenvalue weighted by Gasteiger charge is 2.56. The maximum Gasteiger partial charge on any atom is 0.453 e. The molecule has 0 saturated heterocycles. The molecule has 0 fully saturated rings. The van der Waals surface area contributed by atoms with E-state index in [1.165, 1.54) is 22.9 Å². The maximum atomic E-state index is 12.9. The molecular formula is C30H39F5O2S2. The molecule has 218 valence electrons. The molecule has 0 bridgehead atoms. The van der Waals surface area contributed by atoms with Crippen LogP contribution < -0.4 is 0 Å². The first-order chi connectivity index (χ1) is 18.4. The normalized spacial score (nSPS) is 19.7. The van der Waals surface area contributed by atoms with E-state index >= 15 is 0 Å². The topological polar surface area (TPSA) is 40.5 Å². The van der Waals surface area contributed by atoms with Crippen molar-refractivity contribution in [3.8, 4) is 11.5 Å². The van der Waals surface area contributed by atoms with Crippen LogP contribution in [0, 0.1) is 0 Å². The lowest BCUT2D eigenvalue weighted by atomic mass is 9.68. The number of unbranched alkanes of at least 4 members (excludes halogenated alkanes) is 6. The second-order valence-electron chi connectivity index (χ2n) is 10.7. The molecule has 39 heavy (non-hydrogen) atoms. The average Bonchev–Trinajstić information content (AvgIpc) is 2.87. The molecule has 2 nitrogen and oxygen atoms in total. The Hall–Kier alpha value is -1.61. The lowest BCUT2D eigenvalue weighted by Crippen LogP contribution is -2.36. The van der Waals surface area contributed by atoms with Crippen LogP contribution in [0.2, 0.25) is 0 Å². The van der Waals surface area contributed by atoms with Crippen molar-refractivity contribution in [2.45, 2.75) is 99.5 Å². The maximum absolute atomic E-state index is 12.9. The van der Waals surface area contributed by atoms with Gasteiger partial charge in [-0.3, -0.25) is 0 Å². The molecule has 3 rings (SSSR count). The number of fused-ring (bicyclic) bond motifs is 1. The van der Waals surface area contributed by atoms with Crippen LogP contribution in [0.15, 0.2) is 47.4 Å². The Morgan fingerprint density at radius 1 is 0.821 bits per heavy atom. The summed E-state index contributed by atoms with van der Waals surface area (Å²) in [6.45, 7) is 2.30. The van der Waals surface area contributed by atoms with Crippen molar-refractivity contribution in [1.29, 1.82) is 0 Å². The van der Waals surface area contributed by atoms with E-state index in [4.69, 9.17) is 0 Å². The molecule has 2 unspecified atom stereocenters. The van der Waals surface area contributed by atoms with Crippen molar-refractivity contribution in [3.63, 3.8) is 0 Å².